The lowest BCUT2D eigenvalue weighted by Crippen LogP contribution is -2.14. The summed E-state index contributed by atoms with van der Waals surface area (Å²) in [6, 6.07) is 10.1. The van der Waals surface area contributed by atoms with Crippen molar-refractivity contribution in [1.29, 1.82) is 0 Å². The molecule has 4 nitrogen and oxygen atoms in total. The highest BCUT2D eigenvalue weighted by Crippen LogP contribution is 2.37. The molecule has 0 fully saturated rings. The Morgan fingerprint density at radius 3 is 2.29 bits per heavy atom. The molecule has 0 aliphatic rings. The van der Waals surface area contributed by atoms with E-state index in [4.69, 9.17) is 4.74 Å². The number of benzene rings is 2. The summed E-state index contributed by atoms with van der Waals surface area (Å²) in [6.07, 6.45) is 0. The third kappa shape index (κ3) is 3.78. The molecule has 0 atom stereocenters. The Labute approximate surface area is 140 Å². The standard InChI is InChI=1S/C14H13Br2NO3S/c1-9-3-5-11(6-4-9)21(18,19)17-14-12(16)7-10(15)8-13(14)20-2/h3-8,17H,1-2H3. The summed E-state index contributed by atoms with van der Waals surface area (Å²) in [7, 11) is -2.19. The zero-order valence-corrected chi connectivity index (χ0v) is 15.3. The third-order valence-electron chi connectivity index (χ3n) is 2.81. The molecule has 7 heteroatoms. The van der Waals surface area contributed by atoms with Gasteiger partial charge in [0.05, 0.1) is 12.0 Å². The number of hydrogen-bond donors (Lipinski definition) is 1. The first-order valence-electron chi connectivity index (χ1n) is 5.96. The summed E-state index contributed by atoms with van der Waals surface area (Å²) in [5.74, 6) is 0.423. The smallest absolute Gasteiger partial charge is 0.262 e. The second-order valence-corrected chi connectivity index (χ2v) is 7.84. The quantitative estimate of drug-likeness (QED) is 0.778. The average Bonchev–Trinajstić information content (AvgIpc) is 2.42. The number of nitrogens with one attached hydrogen (secondary N) is 1. The number of halogens is 2. The van der Waals surface area contributed by atoms with Gasteiger partial charge in [0.25, 0.3) is 10.0 Å². The van der Waals surface area contributed by atoms with Crippen molar-refractivity contribution in [3.8, 4) is 5.75 Å². The predicted molar refractivity (Wildman–Crippen MR) is 90.4 cm³/mol. The van der Waals surface area contributed by atoms with Gasteiger partial charge in [0.2, 0.25) is 0 Å². The van der Waals surface area contributed by atoms with Crippen LogP contribution in [0.3, 0.4) is 0 Å². The monoisotopic (exact) mass is 433 g/mol. The molecule has 0 saturated heterocycles. The van der Waals surface area contributed by atoms with Gasteiger partial charge in [-0.15, -0.1) is 0 Å². The van der Waals surface area contributed by atoms with E-state index in [1.165, 1.54) is 7.11 Å². The maximum atomic E-state index is 12.4. The second kappa shape index (κ2) is 6.37. The van der Waals surface area contributed by atoms with E-state index in [1.54, 1.807) is 36.4 Å². The Bertz CT molecular complexity index is 759. The molecule has 2 aromatic rings. The van der Waals surface area contributed by atoms with Crippen LogP contribution in [0, 0.1) is 6.92 Å². The number of methoxy groups -OCH3 is 1. The Morgan fingerprint density at radius 2 is 1.71 bits per heavy atom. The normalized spacial score (nSPS) is 11.2. The van der Waals surface area contributed by atoms with Gasteiger partial charge in [0, 0.05) is 8.95 Å². The van der Waals surface area contributed by atoms with Crippen molar-refractivity contribution < 1.29 is 13.2 Å². The van der Waals surface area contributed by atoms with Crippen LogP contribution in [0.1, 0.15) is 5.56 Å². The molecule has 0 unspecified atom stereocenters. The second-order valence-electron chi connectivity index (χ2n) is 4.38. The molecule has 0 radical (unpaired) electrons. The van der Waals surface area contributed by atoms with Gasteiger partial charge in [-0.3, -0.25) is 4.72 Å². The lowest BCUT2D eigenvalue weighted by atomic mass is 10.2. The van der Waals surface area contributed by atoms with Gasteiger partial charge in [-0.05, 0) is 47.1 Å². The zero-order chi connectivity index (χ0) is 15.6. The van der Waals surface area contributed by atoms with E-state index < -0.39 is 10.0 Å². The molecule has 0 aliphatic heterocycles. The SMILES string of the molecule is COc1cc(Br)cc(Br)c1NS(=O)(=O)c1ccc(C)cc1. The molecule has 112 valence electrons. The minimum Gasteiger partial charge on any atom is -0.494 e. The molecule has 0 spiro atoms. The minimum atomic E-state index is -3.67. The predicted octanol–water partition coefficient (Wildman–Crippen LogP) is 4.33. The topological polar surface area (TPSA) is 55.4 Å². The molecule has 0 aliphatic carbocycles. The summed E-state index contributed by atoms with van der Waals surface area (Å²) in [4.78, 5) is 0.199. The van der Waals surface area contributed by atoms with Gasteiger partial charge in [0.1, 0.15) is 11.4 Å². The fourth-order valence-corrected chi connectivity index (χ4v) is 4.23. The van der Waals surface area contributed by atoms with Crippen molar-refractivity contribution in [1.82, 2.24) is 0 Å². The molecule has 2 rings (SSSR count). The van der Waals surface area contributed by atoms with Gasteiger partial charge in [-0.25, -0.2) is 8.42 Å². The molecular weight excluding hydrogens is 422 g/mol. The van der Waals surface area contributed by atoms with Gasteiger partial charge >= 0.3 is 0 Å². The first-order chi connectivity index (χ1) is 9.83. The van der Waals surface area contributed by atoms with E-state index in [9.17, 15) is 8.42 Å². The van der Waals surface area contributed by atoms with Gasteiger partial charge < -0.3 is 4.74 Å². The highest BCUT2D eigenvalue weighted by molar-refractivity contribution is 9.11. The Hall–Kier alpha value is -1.05. The third-order valence-corrected chi connectivity index (χ3v) is 5.26. The number of hydrogen-bond acceptors (Lipinski definition) is 3. The molecule has 2 aromatic carbocycles. The van der Waals surface area contributed by atoms with E-state index in [-0.39, 0.29) is 4.90 Å². The number of sulfonamides is 1. The summed E-state index contributed by atoms with van der Waals surface area (Å²) < 4.78 is 34.0. The number of ether oxygens (including phenoxy) is 1. The highest BCUT2D eigenvalue weighted by atomic mass is 79.9. The number of anilines is 1. The van der Waals surface area contributed by atoms with E-state index >= 15 is 0 Å². The molecule has 0 saturated carbocycles. The molecule has 21 heavy (non-hydrogen) atoms. The van der Waals surface area contributed by atoms with Crippen molar-refractivity contribution >= 4 is 47.6 Å². The van der Waals surface area contributed by atoms with Crippen LogP contribution in [0.2, 0.25) is 0 Å². The Kier molecular flexibility index (Phi) is 4.95. The van der Waals surface area contributed by atoms with Crippen LogP contribution in [0.4, 0.5) is 5.69 Å². The van der Waals surface area contributed by atoms with Crippen LogP contribution in [0.5, 0.6) is 5.75 Å². The summed E-state index contributed by atoms with van der Waals surface area (Å²) in [6.45, 7) is 1.90. The fourth-order valence-electron chi connectivity index (χ4n) is 1.72. The lowest BCUT2D eigenvalue weighted by Gasteiger charge is -2.14. The molecule has 0 bridgehead atoms. The maximum Gasteiger partial charge on any atom is 0.262 e. The Balaban J connectivity index is 2.44. The minimum absolute atomic E-state index is 0.199. The largest absolute Gasteiger partial charge is 0.494 e. The average molecular weight is 435 g/mol. The van der Waals surface area contributed by atoms with Crippen molar-refractivity contribution in [3.05, 3.63) is 50.9 Å². The number of rotatable bonds is 4. The van der Waals surface area contributed by atoms with Crippen LogP contribution in [0.25, 0.3) is 0 Å². The molecular formula is C14H13Br2NO3S. The van der Waals surface area contributed by atoms with Gasteiger partial charge in [-0.2, -0.15) is 0 Å². The van der Waals surface area contributed by atoms with Crippen molar-refractivity contribution in [3.63, 3.8) is 0 Å². The lowest BCUT2D eigenvalue weighted by molar-refractivity contribution is 0.416. The molecule has 0 aromatic heterocycles. The molecule has 0 heterocycles. The van der Waals surface area contributed by atoms with Gasteiger partial charge in [-0.1, -0.05) is 33.6 Å². The fraction of sp³-hybridized carbons (Fsp3) is 0.143. The number of aryl methyl sites for hydroxylation is 1. The van der Waals surface area contributed by atoms with E-state index in [1.807, 2.05) is 6.92 Å². The maximum absolute atomic E-state index is 12.4. The highest BCUT2D eigenvalue weighted by Gasteiger charge is 2.19. The Morgan fingerprint density at radius 1 is 1.10 bits per heavy atom. The van der Waals surface area contributed by atoms with Crippen molar-refractivity contribution in [2.75, 3.05) is 11.8 Å². The van der Waals surface area contributed by atoms with Crippen LogP contribution in [-0.2, 0) is 10.0 Å². The van der Waals surface area contributed by atoms with Crippen LogP contribution >= 0.6 is 31.9 Å². The van der Waals surface area contributed by atoms with Crippen LogP contribution in [-0.4, -0.2) is 15.5 Å². The van der Waals surface area contributed by atoms with E-state index in [0.29, 0.717) is 15.9 Å². The first kappa shape index (κ1) is 16.3. The van der Waals surface area contributed by atoms with Crippen molar-refractivity contribution in [2.24, 2.45) is 0 Å². The summed E-state index contributed by atoms with van der Waals surface area (Å²) in [5, 5.41) is 0. The van der Waals surface area contributed by atoms with Gasteiger partial charge in [0.15, 0.2) is 0 Å². The van der Waals surface area contributed by atoms with Crippen LogP contribution < -0.4 is 9.46 Å². The zero-order valence-electron chi connectivity index (χ0n) is 11.4. The van der Waals surface area contributed by atoms with E-state index in [2.05, 4.69) is 36.6 Å². The molecule has 1 N–H and O–H groups in total. The van der Waals surface area contributed by atoms with Crippen molar-refractivity contribution in [2.45, 2.75) is 11.8 Å². The van der Waals surface area contributed by atoms with E-state index in [0.717, 1.165) is 10.0 Å². The van der Waals surface area contributed by atoms with Crippen LogP contribution in [0.15, 0.2) is 50.2 Å². The first-order valence-corrected chi connectivity index (χ1v) is 9.03. The summed E-state index contributed by atoms with van der Waals surface area (Å²) in [5.41, 5.74) is 1.36. The molecule has 0 amide bonds. The summed E-state index contributed by atoms with van der Waals surface area (Å²) >= 11 is 6.67.